The molecule has 0 radical (unpaired) electrons. The number of carbonyl (C=O) groups is 1. The van der Waals surface area contributed by atoms with Crippen LogP contribution in [0.3, 0.4) is 0 Å². The molecule has 0 saturated carbocycles. The molecule has 17 heavy (non-hydrogen) atoms. The summed E-state index contributed by atoms with van der Waals surface area (Å²) in [7, 11) is 0. The molecule has 0 aliphatic rings. The number of hydrogen-bond donors (Lipinski definition) is 3. The summed E-state index contributed by atoms with van der Waals surface area (Å²) in [6.07, 6.45) is 0. The van der Waals surface area contributed by atoms with Crippen molar-refractivity contribution in [2.24, 2.45) is 17.4 Å². The Bertz CT molecular complexity index is 407. The number of nitrogens with two attached hydrogens (primary N) is 2. The lowest BCUT2D eigenvalue weighted by molar-refractivity contribution is 0.0997. The number of nitrogens with one attached hydrogen (secondary N) is 1. The van der Waals surface area contributed by atoms with Gasteiger partial charge in [0.2, 0.25) is 0 Å². The van der Waals surface area contributed by atoms with Crippen LogP contribution in [-0.2, 0) is 0 Å². The standard InChI is InChI=1S/C12H18FN3O/c1-7(2)10(6-14)16-9-5-3-4-8(13)11(9)12(15)17/h3-5,7,10,16H,6,14H2,1-2H3,(H2,15,17). The summed E-state index contributed by atoms with van der Waals surface area (Å²) in [6, 6.07) is 4.32. The number of benzene rings is 1. The summed E-state index contributed by atoms with van der Waals surface area (Å²) < 4.78 is 13.5. The van der Waals surface area contributed by atoms with Gasteiger partial charge in [-0.25, -0.2) is 4.39 Å². The molecule has 0 saturated heterocycles. The molecular weight excluding hydrogens is 221 g/mol. The van der Waals surface area contributed by atoms with E-state index in [1.807, 2.05) is 13.8 Å². The van der Waals surface area contributed by atoms with Crippen molar-refractivity contribution in [3.05, 3.63) is 29.6 Å². The molecule has 1 aromatic carbocycles. The van der Waals surface area contributed by atoms with Crippen molar-refractivity contribution in [2.75, 3.05) is 11.9 Å². The second-order valence-corrected chi connectivity index (χ2v) is 4.26. The van der Waals surface area contributed by atoms with Crippen molar-refractivity contribution in [3.63, 3.8) is 0 Å². The third kappa shape index (κ3) is 3.17. The largest absolute Gasteiger partial charge is 0.380 e. The highest BCUT2D eigenvalue weighted by atomic mass is 19.1. The average Bonchev–Trinajstić information content (AvgIpc) is 2.24. The maximum Gasteiger partial charge on any atom is 0.253 e. The zero-order chi connectivity index (χ0) is 13.0. The summed E-state index contributed by atoms with van der Waals surface area (Å²) in [5.41, 5.74) is 11.0. The number of rotatable bonds is 5. The summed E-state index contributed by atoms with van der Waals surface area (Å²) in [6.45, 7) is 4.38. The molecule has 1 aromatic rings. The molecule has 1 amide bonds. The normalized spacial score (nSPS) is 12.5. The van der Waals surface area contributed by atoms with Crippen LogP contribution in [0, 0.1) is 11.7 Å². The molecule has 1 rings (SSSR count). The van der Waals surface area contributed by atoms with Crippen LogP contribution < -0.4 is 16.8 Å². The van der Waals surface area contributed by atoms with Crippen LogP contribution in [0.5, 0.6) is 0 Å². The second kappa shape index (κ2) is 5.63. The molecule has 4 nitrogen and oxygen atoms in total. The van der Waals surface area contributed by atoms with Gasteiger partial charge in [0, 0.05) is 12.6 Å². The number of halogens is 1. The third-order valence-corrected chi connectivity index (χ3v) is 2.66. The molecule has 94 valence electrons. The maximum absolute atomic E-state index is 13.5. The molecule has 0 heterocycles. The van der Waals surface area contributed by atoms with Crippen molar-refractivity contribution >= 4 is 11.6 Å². The zero-order valence-corrected chi connectivity index (χ0v) is 10.0. The Morgan fingerprint density at radius 2 is 2.12 bits per heavy atom. The third-order valence-electron chi connectivity index (χ3n) is 2.66. The van der Waals surface area contributed by atoms with E-state index in [4.69, 9.17) is 11.5 Å². The summed E-state index contributed by atoms with van der Waals surface area (Å²) in [5.74, 6) is -1.14. The fourth-order valence-electron chi connectivity index (χ4n) is 1.59. The Labute approximate surface area is 100 Å². The molecular formula is C12H18FN3O. The van der Waals surface area contributed by atoms with Gasteiger partial charge in [-0.1, -0.05) is 19.9 Å². The first kappa shape index (κ1) is 13.4. The maximum atomic E-state index is 13.5. The van der Waals surface area contributed by atoms with Gasteiger partial charge in [-0.3, -0.25) is 4.79 Å². The minimum Gasteiger partial charge on any atom is -0.380 e. The molecule has 0 aliphatic heterocycles. The van der Waals surface area contributed by atoms with Crippen LogP contribution >= 0.6 is 0 Å². The molecule has 0 aromatic heterocycles. The second-order valence-electron chi connectivity index (χ2n) is 4.26. The van der Waals surface area contributed by atoms with E-state index in [2.05, 4.69) is 5.32 Å². The Hall–Kier alpha value is -1.62. The Morgan fingerprint density at radius 1 is 1.47 bits per heavy atom. The van der Waals surface area contributed by atoms with E-state index in [-0.39, 0.29) is 17.5 Å². The van der Waals surface area contributed by atoms with Crippen LogP contribution in [0.4, 0.5) is 10.1 Å². The van der Waals surface area contributed by atoms with Gasteiger partial charge in [-0.2, -0.15) is 0 Å². The first-order chi connectivity index (χ1) is 7.97. The van der Waals surface area contributed by atoms with E-state index in [9.17, 15) is 9.18 Å². The van der Waals surface area contributed by atoms with Crippen molar-refractivity contribution in [1.82, 2.24) is 0 Å². The van der Waals surface area contributed by atoms with E-state index in [0.29, 0.717) is 12.2 Å². The summed E-state index contributed by atoms with van der Waals surface area (Å²) in [4.78, 5) is 11.2. The van der Waals surface area contributed by atoms with Crippen LogP contribution in [0.25, 0.3) is 0 Å². The van der Waals surface area contributed by atoms with Crippen LogP contribution in [0.1, 0.15) is 24.2 Å². The molecule has 1 atom stereocenters. The van der Waals surface area contributed by atoms with Crippen LogP contribution in [0.2, 0.25) is 0 Å². The molecule has 0 aliphatic carbocycles. The van der Waals surface area contributed by atoms with Crippen LogP contribution in [-0.4, -0.2) is 18.5 Å². The van der Waals surface area contributed by atoms with Gasteiger partial charge in [0.05, 0.1) is 11.3 Å². The highest BCUT2D eigenvalue weighted by Gasteiger charge is 2.17. The van der Waals surface area contributed by atoms with E-state index < -0.39 is 11.7 Å². The van der Waals surface area contributed by atoms with Gasteiger partial charge < -0.3 is 16.8 Å². The van der Waals surface area contributed by atoms with E-state index in [1.165, 1.54) is 12.1 Å². The van der Waals surface area contributed by atoms with Gasteiger partial charge in [-0.05, 0) is 18.1 Å². The highest BCUT2D eigenvalue weighted by molar-refractivity contribution is 5.98. The topological polar surface area (TPSA) is 81.1 Å². The fourth-order valence-corrected chi connectivity index (χ4v) is 1.59. The predicted octanol–water partition coefficient (Wildman–Crippen LogP) is 1.32. The summed E-state index contributed by atoms with van der Waals surface area (Å²) >= 11 is 0. The Kier molecular flexibility index (Phi) is 4.45. The van der Waals surface area contributed by atoms with Crippen molar-refractivity contribution < 1.29 is 9.18 Å². The lowest BCUT2D eigenvalue weighted by Gasteiger charge is -2.23. The van der Waals surface area contributed by atoms with Gasteiger partial charge >= 0.3 is 0 Å². The molecule has 5 N–H and O–H groups in total. The lowest BCUT2D eigenvalue weighted by atomic mass is 10.0. The van der Waals surface area contributed by atoms with Crippen molar-refractivity contribution in [2.45, 2.75) is 19.9 Å². The Balaban J connectivity index is 3.05. The van der Waals surface area contributed by atoms with Gasteiger partial charge in [0.15, 0.2) is 0 Å². The molecule has 1 unspecified atom stereocenters. The monoisotopic (exact) mass is 239 g/mol. The van der Waals surface area contributed by atoms with Gasteiger partial charge in [-0.15, -0.1) is 0 Å². The smallest absolute Gasteiger partial charge is 0.253 e. The van der Waals surface area contributed by atoms with E-state index in [1.54, 1.807) is 6.07 Å². The quantitative estimate of drug-likeness (QED) is 0.724. The van der Waals surface area contributed by atoms with E-state index in [0.717, 1.165) is 0 Å². The van der Waals surface area contributed by atoms with Crippen LogP contribution in [0.15, 0.2) is 18.2 Å². The first-order valence-electron chi connectivity index (χ1n) is 5.52. The molecule has 0 fully saturated rings. The van der Waals surface area contributed by atoms with Crippen molar-refractivity contribution in [3.8, 4) is 0 Å². The number of hydrogen-bond acceptors (Lipinski definition) is 3. The zero-order valence-electron chi connectivity index (χ0n) is 10.0. The fraction of sp³-hybridized carbons (Fsp3) is 0.417. The highest BCUT2D eigenvalue weighted by Crippen LogP contribution is 2.20. The first-order valence-corrected chi connectivity index (χ1v) is 5.52. The summed E-state index contributed by atoms with van der Waals surface area (Å²) in [5, 5.41) is 3.05. The molecule has 0 bridgehead atoms. The van der Waals surface area contributed by atoms with Crippen molar-refractivity contribution in [1.29, 1.82) is 0 Å². The number of amides is 1. The number of anilines is 1. The minimum atomic E-state index is -0.787. The average molecular weight is 239 g/mol. The molecule has 5 heteroatoms. The predicted molar refractivity (Wildman–Crippen MR) is 66.2 cm³/mol. The van der Waals surface area contributed by atoms with Gasteiger partial charge in [0.1, 0.15) is 5.82 Å². The van der Waals surface area contributed by atoms with Gasteiger partial charge in [0.25, 0.3) is 5.91 Å². The number of carbonyl (C=O) groups excluding carboxylic acids is 1. The Morgan fingerprint density at radius 3 is 2.59 bits per heavy atom. The lowest BCUT2D eigenvalue weighted by Crippen LogP contribution is -2.34. The van der Waals surface area contributed by atoms with E-state index >= 15 is 0 Å². The SMILES string of the molecule is CC(C)C(CN)Nc1cccc(F)c1C(N)=O. The minimum absolute atomic E-state index is 0.0325. The number of primary amides is 1. The molecule has 0 spiro atoms.